The lowest BCUT2D eigenvalue weighted by molar-refractivity contribution is -0.386. The summed E-state index contributed by atoms with van der Waals surface area (Å²) in [7, 11) is 0. The molecule has 0 aliphatic carbocycles. The summed E-state index contributed by atoms with van der Waals surface area (Å²) in [6.07, 6.45) is 1.55. The Balaban J connectivity index is 2.44. The van der Waals surface area contributed by atoms with Gasteiger partial charge >= 0.3 is 5.69 Å². The van der Waals surface area contributed by atoms with Crippen molar-refractivity contribution in [2.45, 2.75) is 16.7 Å². The SMILES string of the molecule is Cc1occc1Sc1cccc(NN)c1[N+](=O)[O-]. The topological polar surface area (TPSA) is 94.3 Å². The number of rotatable bonds is 4. The highest BCUT2D eigenvalue weighted by atomic mass is 32.2. The average molecular weight is 265 g/mol. The largest absolute Gasteiger partial charge is 0.468 e. The zero-order chi connectivity index (χ0) is 13.1. The van der Waals surface area contributed by atoms with Crippen molar-refractivity contribution in [1.29, 1.82) is 0 Å². The quantitative estimate of drug-likeness (QED) is 0.501. The Morgan fingerprint density at radius 3 is 2.72 bits per heavy atom. The molecule has 18 heavy (non-hydrogen) atoms. The highest BCUT2D eigenvalue weighted by Gasteiger charge is 2.20. The molecule has 0 aliphatic heterocycles. The first-order valence-electron chi connectivity index (χ1n) is 5.09. The van der Waals surface area contributed by atoms with Crippen molar-refractivity contribution < 1.29 is 9.34 Å². The molecule has 0 amide bonds. The van der Waals surface area contributed by atoms with Crippen molar-refractivity contribution in [3.05, 3.63) is 46.4 Å². The van der Waals surface area contributed by atoms with Crippen LogP contribution in [0.5, 0.6) is 0 Å². The maximum absolute atomic E-state index is 11.1. The molecule has 0 atom stereocenters. The second-order valence-corrected chi connectivity index (χ2v) is 4.58. The first-order chi connectivity index (χ1) is 8.63. The molecule has 94 valence electrons. The van der Waals surface area contributed by atoms with Gasteiger partial charge in [-0.1, -0.05) is 17.8 Å². The molecule has 0 radical (unpaired) electrons. The first-order valence-corrected chi connectivity index (χ1v) is 5.91. The highest BCUT2D eigenvalue weighted by Crippen LogP contribution is 2.40. The number of nitro groups is 1. The summed E-state index contributed by atoms with van der Waals surface area (Å²) in [6, 6.07) is 6.71. The van der Waals surface area contributed by atoms with Crippen LogP contribution in [0, 0.1) is 17.0 Å². The third kappa shape index (κ3) is 2.31. The number of nitrogens with one attached hydrogen (secondary N) is 1. The molecule has 2 rings (SSSR count). The van der Waals surface area contributed by atoms with Gasteiger partial charge in [-0.2, -0.15) is 0 Å². The van der Waals surface area contributed by atoms with E-state index in [1.54, 1.807) is 37.5 Å². The molecule has 1 aromatic carbocycles. The van der Waals surface area contributed by atoms with Gasteiger partial charge in [0.15, 0.2) is 0 Å². The van der Waals surface area contributed by atoms with Gasteiger partial charge in [-0.05, 0) is 25.1 Å². The van der Waals surface area contributed by atoms with E-state index in [2.05, 4.69) is 5.43 Å². The van der Waals surface area contributed by atoms with Gasteiger partial charge < -0.3 is 9.84 Å². The molecule has 1 heterocycles. The third-order valence-corrected chi connectivity index (χ3v) is 3.56. The lowest BCUT2D eigenvalue weighted by Crippen LogP contribution is -2.09. The summed E-state index contributed by atoms with van der Waals surface area (Å²) in [5, 5.41) is 11.1. The van der Waals surface area contributed by atoms with Gasteiger partial charge in [-0.15, -0.1) is 0 Å². The van der Waals surface area contributed by atoms with Crippen LogP contribution >= 0.6 is 11.8 Å². The Morgan fingerprint density at radius 1 is 1.39 bits per heavy atom. The van der Waals surface area contributed by atoms with Crippen molar-refractivity contribution >= 4 is 23.1 Å². The van der Waals surface area contributed by atoms with E-state index in [1.807, 2.05) is 0 Å². The summed E-state index contributed by atoms with van der Waals surface area (Å²) >= 11 is 1.27. The van der Waals surface area contributed by atoms with Crippen molar-refractivity contribution in [1.82, 2.24) is 0 Å². The Morgan fingerprint density at radius 2 is 2.17 bits per heavy atom. The van der Waals surface area contributed by atoms with Gasteiger partial charge in [0.1, 0.15) is 11.4 Å². The fourth-order valence-corrected chi connectivity index (χ4v) is 2.49. The van der Waals surface area contributed by atoms with Crippen LogP contribution in [0.25, 0.3) is 0 Å². The number of aryl methyl sites for hydroxylation is 1. The number of hydrazine groups is 1. The van der Waals surface area contributed by atoms with E-state index in [4.69, 9.17) is 10.3 Å². The van der Waals surface area contributed by atoms with Gasteiger partial charge in [0.05, 0.1) is 21.0 Å². The molecule has 7 heteroatoms. The zero-order valence-corrected chi connectivity index (χ0v) is 10.4. The Labute approximate surface area is 107 Å². The van der Waals surface area contributed by atoms with Crippen LogP contribution < -0.4 is 11.3 Å². The predicted octanol–water partition coefficient (Wildman–Crippen LogP) is 2.93. The zero-order valence-electron chi connectivity index (χ0n) is 9.54. The normalized spacial score (nSPS) is 10.3. The minimum Gasteiger partial charge on any atom is -0.468 e. The number of hydrogen-bond donors (Lipinski definition) is 2. The summed E-state index contributed by atoms with van der Waals surface area (Å²) in [4.78, 5) is 12.0. The van der Waals surface area contributed by atoms with E-state index in [0.29, 0.717) is 4.90 Å². The number of nitro benzene ring substituents is 1. The van der Waals surface area contributed by atoms with Crippen LogP contribution in [0.2, 0.25) is 0 Å². The van der Waals surface area contributed by atoms with E-state index in [9.17, 15) is 10.1 Å². The maximum Gasteiger partial charge on any atom is 0.307 e. The summed E-state index contributed by atoms with van der Waals surface area (Å²) < 4.78 is 5.16. The summed E-state index contributed by atoms with van der Waals surface area (Å²) in [5.41, 5.74) is 2.58. The number of anilines is 1. The number of nitrogen functional groups attached to an aromatic ring is 1. The fraction of sp³-hybridized carbons (Fsp3) is 0.0909. The molecule has 0 aliphatic rings. The number of hydrogen-bond acceptors (Lipinski definition) is 6. The standard InChI is InChI=1S/C11H11N3O3S/c1-7-9(5-6-17-7)18-10-4-2-3-8(13-12)11(10)14(15)16/h2-6,13H,12H2,1H3. The molecule has 0 fully saturated rings. The van der Waals surface area contributed by atoms with Crippen molar-refractivity contribution in [3.63, 3.8) is 0 Å². The van der Waals surface area contributed by atoms with Crippen LogP contribution in [-0.2, 0) is 0 Å². The van der Waals surface area contributed by atoms with Crippen LogP contribution in [0.15, 0.2) is 44.7 Å². The molecule has 1 aromatic heterocycles. The number of furan rings is 1. The molecule has 0 spiro atoms. The van der Waals surface area contributed by atoms with E-state index < -0.39 is 4.92 Å². The maximum atomic E-state index is 11.1. The second kappa shape index (κ2) is 5.11. The van der Waals surface area contributed by atoms with Crippen molar-refractivity contribution in [3.8, 4) is 0 Å². The number of para-hydroxylation sites is 1. The smallest absolute Gasteiger partial charge is 0.307 e. The predicted molar refractivity (Wildman–Crippen MR) is 68.5 cm³/mol. The van der Waals surface area contributed by atoms with Crippen molar-refractivity contribution in [2.75, 3.05) is 5.43 Å². The average Bonchev–Trinajstić information content (AvgIpc) is 2.74. The molecule has 0 saturated heterocycles. The van der Waals surface area contributed by atoms with Gasteiger partial charge in [-0.25, -0.2) is 0 Å². The number of nitrogens with zero attached hydrogens (tertiary/aromatic N) is 1. The molecule has 2 aromatic rings. The Hall–Kier alpha value is -1.99. The van der Waals surface area contributed by atoms with Crippen LogP contribution in [0.4, 0.5) is 11.4 Å². The monoisotopic (exact) mass is 265 g/mol. The lowest BCUT2D eigenvalue weighted by atomic mass is 10.3. The van der Waals surface area contributed by atoms with Gasteiger partial charge in [0.25, 0.3) is 0 Å². The Kier molecular flexibility index (Phi) is 3.54. The molecule has 0 saturated carbocycles. The number of nitrogens with two attached hydrogens (primary N) is 1. The van der Waals surface area contributed by atoms with Crippen LogP contribution in [-0.4, -0.2) is 4.92 Å². The fourth-order valence-electron chi connectivity index (χ4n) is 1.51. The first kappa shape index (κ1) is 12.5. The lowest BCUT2D eigenvalue weighted by Gasteiger charge is -2.06. The third-order valence-electron chi connectivity index (χ3n) is 2.37. The minimum atomic E-state index is -0.451. The molecule has 3 N–H and O–H groups in total. The van der Waals surface area contributed by atoms with E-state index >= 15 is 0 Å². The van der Waals surface area contributed by atoms with Crippen LogP contribution in [0.3, 0.4) is 0 Å². The molecule has 0 unspecified atom stereocenters. The molecular formula is C11H11N3O3S. The summed E-state index contributed by atoms with van der Waals surface area (Å²) in [5.74, 6) is 6.00. The van der Waals surface area contributed by atoms with Crippen molar-refractivity contribution in [2.24, 2.45) is 5.84 Å². The van der Waals surface area contributed by atoms with E-state index in [-0.39, 0.29) is 11.4 Å². The van der Waals surface area contributed by atoms with Crippen LogP contribution in [0.1, 0.15) is 5.76 Å². The molecule has 6 nitrogen and oxygen atoms in total. The summed E-state index contributed by atoms with van der Waals surface area (Å²) in [6.45, 7) is 1.80. The number of benzene rings is 1. The van der Waals surface area contributed by atoms with Gasteiger partial charge in [0, 0.05) is 0 Å². The van der Waals surface area contributed by atoms with E-state index in [0.717, 1.165) is 10.7 Å². The second-order valence-electron chi connectivity index (χ2n) is 3.50. The minimum absolute atomic E-state index is 0.0365. The van der Waals surface area contributed by atoms with E-state index in [1.165, 1.54) is 11.8 Å². The molecular weight excluding hydrogens is 254 g/mol. The molecule has 0 bridgehead atoms. The van der Waals surface area contributed by atoms with Gasteiger partial charge in [0.2, 0.25) is 0 Å². The highest BCUT2D eigenvalue weighted by molar-refractivity contribution is 7.99. The van der Waals surface area contributed by atoms with Gasteiger partial charge in [-0.3, -0.25) is 16.0 Å². The Bertz CT molecular complexity index is 583.